The Balaban J connectivity index is 1.16. The molecule has 2 aromatic rings. The third kappa shape index (κ3) is 5.80. The molecular formula is C24H33N5O. The van der Waals surface area contributed by atoms with Gasteiger partial charge in [-0.25, -0.2) is 4.98 Å². The third-order valence-electron chi connectivity index (χ3n) is 6.16. The van der Waals surface area contributed by atoms with E-state index in [2.05, 4.69) is 50.4 Å². The van der Waals surface area contributed by atoms with Crippen molar-refractivity contribution < 1.29 is 4.79 Å². The van der Waals surface area contributed by atoms with Crippen LogP contribution in [-0.4, -0.2) is 77.9 Å². The number of amides is 1. The number of anilines is 1. The second-order valence-corrected chi connectivity index (χ2v) is 8.58. The van der Waals surface area contributed by atoms with Crippen LogP contribution in [0.5, 0.6) is 0 Å². The molecule has 0 bridgehead atoms. The lowest BCUT2D eigenvalue weighted by atomic mass is 10.1. The van der Waals surface area contributed by atoms with Gasteiger partial charge in [-0.15, -0.1) is 0 Å². The number of nitrogens with zero attached hydrogens (tertiary/aromatic N) is 4. The highest BCUT2D eigenvalue weighted by Gasteiger charge is 2.27. The maximum atomic E-state index is 12.8. The molecular weight excluding hydrogens is 374 g/mol. The summed E-state index contributed by atoms with van der Waals surface area (Å²) in [7, 11) is 0. The zero-order valence-corrected chi connectivity index (χ0v) is 18.0. The highest BCUT2D eigenvalue weighted by atomic mass is 16.2. The van der Waals surface area contributed by atoms with E-state index in [1.54, 1.807) is 0 Å². The highest BCUT2D eigenvalue weighted by Crippen LogP contribution is 2.17. The number of aryl methyl sites for hydroxylation is 1. The molecule has 1 atom stereocenters. The molecule has 0 radical (unpaired) electrons. The fourth-order valence-corrected chi connectivity index (χ4v) is 4.40. The number of pyridine rings is 1. The van der Waals surface area contributed by atoms with Crippen LogP contribution >= 0.6 is 0 Å². The number of hydrogen-bond acceptors (Lipinski definition) is 5. The summed E-state index contributed by atoms with van der Waals surface area (Å²) in [5, 5.41) is 3.45. The number of rotatable bonds is 7. The van der Waals surface area contributed by atoms with Crippen molar-refractivity contribution in [1.82, 2.24) is 19.7 Å². The fraction of sp³-hybridized carbons (Fsp3) is 0.500. The van der Waals surface area contributed by atoms with Gasteiger partial charge in [0.05, 0.1) is 6.54 Å². The van der Waals surface area contributed by atoms with Crippen LogP contribution in [0, 0.1) is 12.8 Å². The molecule has 0 spiro atoms. The van der Waals surface area contributed by atoms with Crippen molar-refractivity contribution in [3.8, 4) is 0 Å². The van der Waals surface area contributed by atoms with Crippen molar-refractivity contribution in [2.75, 3.05) is 57.7 Å². The average molecular weight is 408 g/mol. The molecule has 1 aromatic carbocycles. The summed E-state index contributed by atoms with van der Waals surface area (Å²) >= 11 is 0. The van der Waals surface area contributed by atoms with Crippen LogP contribution in [0.2, 0.25) is 0 Å². The molecule has 3 heterocycles. The number of aromatic nitrogens is 1. The quantitative estimate of drug-likeness (QED) is 0.764. The maximum absolute atomic E-state index is 12.8. The second kappa shape index (κ2) is 10.0. The molecule has 160 valence electrons. The molecule has 6 nitrogen and oxygen atoms in total. The smallest absolute Gasteiger partial charge is 0.236 e. The van der Waals surface area contributed by atoms with Gasteiger partial charge in [0.15, 0.2) is 0 Å². The lowest BCUT2D eigenvalue weighted by Crippen LogP contribution is -2.50. The van der Waals surface area contributed by atoms with Gasteiger partial charge in [0.2, 0.25) is 5.91 Å². The summed E-state index contributed by atoms with van der Waals surface area (Å²) in [6.07, 6.45) is 1.14. The molecule has 1 N–H and O–H groups in total. The number of benzene rings is 1. The lowest BCUT2D eigenvalue weighted by Gasteiger charge is -2.35. The van der Waals surface area contributed by atoms with Crippen molar-refractivity contribution in [2.45, 2.75) is 19.9 Å². The molecule has 0 aliphatic carbocycles. The van der Waals surface area contributed by atoms with Crippen LogP contribution in [-0.2, 0) is 11.3 Å². The molecule has 1 amide bonds. The minimum Gasteiger partial charge on any atom is -0.370 e. The summed E-state index contributed by atoms with van der Waals surface area (Å²) in [5.74, 6) is 1.80. The molecule has 2 fully saturated rings. The van der Waals surface area contributed by atoms with E-state index in [0.29, 0.717) is 12.5 Å². The van der Waals surface area contributed by atoms with Crippen LogP contribution in [0.15, 0.2) is 48.5 Å². The highest BCUT2D eigenvalue weighted by molar-refractivity contribution is 5.78. The van der Waals surface area contributed by atoms with E-state index in [1.165, 1.54) is 5.56 Å². The van der Waals surface area contributed by atoms with Crippen LogP contribution in [0.1, 0.15) is 17.7 Å². The Hall–Kier alpha value is -2.44. The predicted octanol–water partition coefficient (Wildman–Crippen LogP) is 2.47. The van der Waals surface area contributed by atoms with Crippen molar-refractivity contribution >= 4 is 11.7 Å². The Morgan fingerprint density at radius 1 is 1.00 bits per heavy atom. The number of piperazine rings is 1. The van der Waals surface area contributed by atoms with Gasteiger partial charge in [0.1, 0.15) is 5.82 Å². The van der Waals surface area contributed by atoms with E-state index in [-0.39, 0.29) is 5.91 Å². The van der Waals surface area contributed by atoms with Gasteiger partial charge < -0.3 is 10.2 Å². The zero-order valence-electron chi connectivity index (χ0n) is 18.0. The van der Waals surface area contributed by atoms with Crippen LogP contribution < -0.4 is 5.32 Å². The van der Waals surface area contributed by atoms with Gasteiger partial charge in [0, 0.05) is 51.5 Å². The first-order chi connectivity index (χ1) is 14.7. The molecule has 2 aliphatic rings. The Labute approximate surface area is 179 Å². The van der Waals surface area contributed by atoms with Gasteiger partial charge in [-0.1, -0.05) is 36.4 Å². The SMILES string of the molecule is Cc1cccc(NCC2CCN(CC(=O)N3CCN(Cc4ccccc4)CC3)C2)n1. The maximum Gasteiger partial charge on any atom is 0.236 e. The first-order valence-corrected chi connectivity index (χ1v) is 11.1. The first kappa shape index (κ1) is 20.8. The number of carbonyl (C=O) groups is 1. The molecule has 6 heteroatoms. The van der Waals surface area contributed by atoms with E-state index in [0.717, 1.165) is 70.3 Å². The number of hydrogen-bond donors (Lipinski definition) is 1. The molecule has 30 heavy (non-hydrogen) atoms. The normalized spacial score (nSPS) is 20.4. The van der Waals surface area contributed by atoms with E-state index in [9.17, 15) is 4.79 Å². The van der Waals surface area contributed by atoms with E-state index in [4.69, 9.17) is 0 Å². The van der Waals surface area contributed by atoms with Crippen LogP contribution in [0.3, 0.4) is 0 Å². The Morgan fingerprint density at radius 2 is 1.80 bits per heavy atom. The Morgan fingerprint density at radius 3 is 2.57 bits per heavy atom. The summed E-state index contributed by atoms with van der Waals surface area (Å²) < 4.78 is 0. The zero-order chi connectivity index (χ0) is 20.8. The topological polar surface area (TPSA) is 51.7 Å². The second-order valence-electron chi connectivity index (χ2n) is 8.58. The van der Waals surface area contributed by atoms with Gasteiger partial charge in [-0.2, -0.15) is 0 Å². The predicted molar refractivity (Wildman–Crippen MR) is 120 cm³/mol. The summed E-state index contributed by atoms with van der Waals surface area (Å²) in [5.41, 5.74) is 2.37. The average Bonchev–Trinajstić information content (AvgIpc) is 3.21. The molecule has 2 aliphatic heterocycles. The number of carbonyl (C=O) groups excluding carboxylic acids is 1. The third-order valence-corrected chi connectivity index (χ3v) is 6.16. The summed E-state index contributed by atoms with van der Waals surface area (Å²) in [6.45, 7) is 10.0. The fourth-order valence-electron chi connectivity index (χ4n) is 4.40. The Kier molecular flexibility index (Phi) is 6.97. The van der Waals surface area contributed by atoms with Crippen molar-refractivity contribution in [2.24, 2.45) is 5.92 Å². The van der Waals surface area contributed by atoms with Crippen molar-refractivity contribution in [1.29, 1.82) is 0 Å². The van der Waals surface area contributed by atoms with Crippen LogP contribution in [0.25, 0.3) is 0 Å². The van der Waals surface area contributed by atoms with E-state index >= 15 is 0 Å². The van der Waals surface area contributed by atoms with Crippen LogP contribution in [0.4, 0.5) is 5.82 Å². The molecule has 2 saturated heterocycles. The molecule has 4 rings (SSSR count). The van der Waals surface area contributed by atoms with Crippen molar-refractivity contribution in [3.63, 3.8) is 0 Å². The van der Waals surface area contributed by atoms with Gasteiger partial charge >= 0.3 is 0 Å². The molecule has 0 saturated carbocycles. The molecule has 1 unspecified atom stereocenters. The van der Waals surface area contributed by atoms with E-state index < -0.39 is 0 Å². The largest absolute Gasteiger partial charge is 0.370 e. The summed E-state index contributed by atoms with van der Waals surface area (Å²) in [4.78, 5) is 24.1. The molecule has 1 aromatic heterocycles. The van der Waals surface area contributed by atoms with E-state index in [1.807, 2.05) is 30.0 Å². The standard InChI is InChI=1S/C24H33N5O/c1-20-6-5-9-23(26-20)25-16-22-10-11-28(18-22)19-24(30)29-14-12-27(13-15-29)17-21-7-3-2-4-8-21/h2-9,22H,10-19H2,1H3,(H,25,26). The van der Waals surface area contributed by atoms with Gasteiger partial charge in [-0.3, -0.25) is 14.6 Å². The van der Waals surface area contributed by atoms with Gasteiger partial charge in [0.25, 0.3) is 0 Å². The minimum absolute atomic E-state index is 0.281. The van der Waals surface area contributed by atoms with Crippen molar-refractivity contribution in [3.05, 3.63) is 59.8 Å². The number of nitrogens with one attached hydrogen (secondary N) is 1. The number of likely N-dealkylation sites (tertiary alicyclic amines) is 1. The summed E-state index contributed by atoms with van der Waals surface area (Å²) in [6, 6.07) is 16.6. The van der Waals surface area contributed by atoms with Gasteiger partial charge in [-0.05, 0) is 43.5 Å². The Bertz CT molecular complexity index is 819. The lowest BCUT2D eigenvalue weighted by molar-refractivity contribution is -0.134. The first-order valence-electron chi connectivity index (χ1n) is 11.1. The monoisotopic (exact) mass is 407 g/mol. The minimum atomic E-state index is 0.281.